The van der Waals surface area contributed by atoms with Crippen molar-refractivity contribution in [1.29, 1.82) is 0 Å². The molecule has 17 heavy (non-hydrogen) atoms. The maximum absolute atomic E-state index is 9.04. The van der Waals surface area contributed by atoms with Crippen LogP contribution in [0.15, 0.2) is 18.2 Å². The van der Waals surface area contributed by atoms with E-state index in [1.807, 2.05) is 30.1 Å². The third-order valence-corrected chi connectivity index (χ3v) is 2.55. The number of aliphatic hydroxyl groups is 2. The number of hydrogen-bond donors (Lipinski definition) is 4. The molecule has 0 fully saturated rings. The fraction of sp³-hybridized carbons (Fsp3) is 0.500. The van der Waals surface area contributed by atoms with E-state index in [0.717, 1.165) is 11.3 Å². The van der Waals surface area contributed by atoms with Crippen LogP contribution in [0.5, 0.6) is 0 Å². The van der Waals surface area contributed by atoms with Crippen LogP contribution in [0.1, 0.15) is 5.56 Å². The lowest BCUT2D eigenvalue weighted by atomic mass is 10.1. The summed E-state index contributed by atoms with van der Waals surface area (Å²) >= 11 is 0. The molecule has 5 heteroatoms. The Morgan fingerprint density at radius 3 is 2.41 bits per heavy atom. The highest BCUT2D eigenvalue weighted by Gasteiger charge is 2.10. The van der Waals surface area contributed by atoms with E-state index in [4.69, 9.17) is 15.9 Å². The predicted molar refractivity (Wildman–Crippen MR) is 70.0 cm³/mol. The smallest absolute Gasteiger partial charge is 0.0606 e. The second-order valence-electron chi connectivity index (χ2n) is 3.85. The van der Waals surface area contributed by atoms with Crippen LogP contribution in [0, 0.1) is 0 Å². The molecule has 1 aromatic carbocycles. The number of rotatable bonds is 7. The molecule has 0 saturated heterocycles. The van der Waals surface area contributed by atoms with E-state index in [1.54, 1.807) is 0 Å². The van der Waals surface area contributed by atoms with Crippen molar-refractivity contribution in [2.75, 3.05) is 44.0 Å². The number of anilines is 2. The summed E-state index contributed by atoms with van der Waals surface area (Å²) in [6.07, 6.45) is 0. The summed E-state index contributed by atoms with van der Waals surface area (Å²) in [6.45, 7) is 1.82. The van der Waals surface area contributed by atoms with Gasteiger partial charge in [-0.15, -0.1) is 0 Å². The zero-order valence-corrected chi connectivity index (χ0v) is 10.2. The summed E-state index contributed by atoms with van der Waals surface area (Å²) < 4.78 is 0. The monoisotopic (exact) mass is 239 g/mol. The summed E-state index contributed by atoms with van der Waals surface area (Å²) in [6, 6.07) is 5.66. The lowest BCUT2D eigenvalue weighted by molar-refractivity contribution is 0.281. The molecule has 1 aromatic rings. The topological polar surface area (TPSA) is 81.8 Å². The van der Waals surface area contributed by atoms with Gasteiger partial charge in [0.2, 0.25) is 0 Å². The van der Waals surface area contributed by atoms with Crippen LogP contribution < -0.4 is 16.0 Å². The average Bonchev–Trinajstić information content (AvgIpc) is 2.30. The third kappa shape index (κ3) is 3.89. The predicted octanol–water partition coefficient (Wildman–Crippen LogP) is -0.221. The SMILES string of the molecule is CNCc1cc(N)ccc1N(CCO)CCO. The molecule has 0 aliphatic rings. The van der Waals surface area contributed by atoms with Gasteiger partial charge in [0.1, 0.15) is 0 Å². The Morgan fingerprint density at radius 2 is 1.88 bits per heavy atom. The molecule has 5 nitrogen and oxygen atoms in total. The Morgan fingerprint density at radius 1 is 1.24 bits per heavy atom. The highest BCUT2D eigenvalue weighted by molar-refractivity contribution is 5.59. The van der Waals surface area contributed by atoms with Gasteiger partial charge in [0.05, 0.1) is 13.2 Å². The molecule has 0 radical (unpaired) electrons. The van der Waals surface area contributed by atoms with E-state index in [2.05, 4.69) is 5.32 Å². The lowest BCUT2D eigenvalue weighted by Crippen LogP contribution is -2.31. The van der Waals surface area contributed by atoms with Crippen molar-refractivity contribution in [3.63, 3.8) is 0 Å². The fourth-order valence-corrected chi connectivity index (χ4v) is 1.84. The Balaban J connectivity index is 2.98. The quantitative estimate of drug-likeness (QED) is 0.495. The maximum atomic E-state index is 9.04. The van der Waals surface area contributed by atoms with Gasteiger partial charge in [0.15, 0.2) is 0 Å². The van der Waals surface area contributed by atoms with E-state index >= 15 is 0 Å². The highest BCUT2D eigenvalue weighted by atomic mass is 16.3. The van der Waals surface area contributed by atoms with E-state index in [-0.39, 0.29) is 13.2 Å². The van der Waals surface area contributed by atoms with Crippen molar-refractivity contribution in [2.24, 2.45) is 0 Å². The summed E-state index contributed by atoms with van der Waals surface area (Å²) in [5.74, 6) is 0. The molecule has 96 valence electrons. The summed E-state index contributed by atoms with van der Waals surface area (Å²) in [5.41, 5.74) is 8.54. The van der Waals surface area contributed by atoms with Crippen LogP contribution in [-0.2, 0) is 6.54 Å². The number of benzene rings is 1. The van der Waals surface area contributed by atoms with Crippen LogP contribution in [-0.4, -0.2) is 43.6 Å². The van der Waals surface area contributed by atoms with Crippen molar-refractivity contribution >= 4 is 11.4 Å². The van der Waals surface area contributed by atoms with Gasteiger partial charge in [-0.2, -0.15) is 0 Å². The first-order chi connectivity index (χ1) is 8.22. The molecule has 0 saturated carbocycles. The molecule has 0 aromatic heterocycles. The van der Waals surface area contributed by atoms with Gasteiger partial charge in [0, 0.05) is 31.0 Å². The molecule has 0 amide bonds. The van der Waals surface area contributed by atoms with E-state index in [9.17, 15) is 0 Å². The van der Waals surface area contributed by atoms with Crippen LogP contribution in [0.2, 0.25) is 0 Å². The summed E-state index contributed by atoms with van der Waals surface area (Å²) in [7, 11) is 1.87. The number of nitrogens with two attached hydrogens (primary N) is 1. The lowest BCUT2D eigenvalue weighted by Gasteiger charge is -2.26. The standard InChI is InChI=1S/C12H21N3O2/c1-14-9-10-8-11(13)2-3-12(10)15(4-6-16)5-7-17/h2-3,8,14,16-17H,4-7,9,13H2,1H3. The number of hydrogen-bond acceptors (Lipinski definition) is 5. The van der Waals surface area contributed by atoms with Gasteiger partial charge in [0.25, 0.3) is 0 Å². The van der Waals surface area contributed by atoms with Crippen LogP contribution in [0.3, 0.4) is 0 Å². The molecular weight excluding hydrogens is 218 g/mol. The molecular formula is C12H21N3O2. The molecule has 0 aliphatic heterocycles. The Bertz CT molecular complexity index is 339. The third-order valence-electron chi connectivity index (χ3n) is 2.55. The van der Waals surface area contributed by atoms with Crippen molar-refractivity contribution in [1.82, 2.24) is 5.32 Å². The Labute approximate surface area is 102 Å². The molecule has 0 aliphatic carbocycles. The highest BCUT2D eigenvalue weighted by Crippen LogP contribution is 2.22. The van der Waals surface area contributed by atoms with Gasteiger partial charge >= 0.3 is 0 Å². The fourth-order valence-electron chi connectivity index (χ4n) is 1.84. The van der Waals surface area contributed by atoms with Crippen LogP contribution >= 0.6 is 0 Å². The first-order valence-corrected chi connectivity index (χ1v) is 5.72. The van der Waals surface area contributed by atoms with Crippen molar-refractivity contribution in [3.05, 3.63) is 23.8 Å². The first kappa shape index (κ1) is 13.8. The van der Waals surface area contributed by atoms with Gasteiger partial charge in [-0.3, -0.25) is 0 Å². The maximum Gasteiger partial charge on any atom is 0.0606 e. The number of nitrogen functional groups attached to an aromatic ring is 1. The van der Waals surface area contributed by atoms with E-state index in [0.29, 0.717) is 25.3 Å². The first-order valence-electron chi connectivity index (χ1n) is 5.72. The van der Waals surface area contributed by atoms with Crippen LogP contribution in [0.4, 0.5) is 11.4 Å². The van der Waals surface area contributed by atoms with Gasteiger partial charge in [-0.05, 0) is 30.8 Å². The zero-order valence-electron chi connectivity index (χ0n) is 10.2. The van der Waals surface area contributed by atoms with Crippen molar-refractivity contribution in [2.45, 2.75) is 6.54 Å². The van der Waals surface area contributed by atoms with E-state index < -0.39 is 0 Å². The van der Waals surface area contributed by atoms with Gasteiger partial charge < -0.3 is 26.2 Å². The van der Waals surface area contributed by atoms with E-state index in [1.165, 1.54) is 0 Å². The van der Waals surface area contributed by atoms with Gasteiger partial charge in [-0.25, -0.2) is 0 Å². The molecule has 0 heterocycles. The number of nitrogens with zero attached hydrogens (tertiary/aromatic N) is 1. The second kappa shape index (κ2) is 7.11. The summed E-state index contributed by atoms with van der Waals surface area (Å²) in [4.78, 5) is 1.95. The van der Waals surface area contributed by atoms with Crippen molar-refractivity contribution < 1.29 is 10.2 Å². The Kier molecular flexibility index (Phi) is 5.76. The van der Waals surface area contributed by atoms with Gasteiger partial charge in [-0.1, -0.05) is 0 Å². The molecule has 0 atom stereocenters. The largest absolute Gasteiger partial charge is 0.399 e. The minimum absolute atomic E-state index is 0.0589. The summed E-state index contributed by atoms with van der Waals surface area (Å²) in [5, 5.41) is 21.2. The molecule has 0 spiro atoms. The molecule has 0 bridgehead atoms. The average molecular weight is 239 g/mol. The number of nitrogens with one attached hydrogen (secondary N) is 1. The van der Waals surface area contributed by atoms with Crippen molar-refractivity contribution in [3.8, 4) is 0 Å². The number of aliphatic hydroxyl groups excluding tert-OH is 2. The normalized spacial score (nSPS) is 10.5. The molecule has 1 rings (SSSR count). The molecule has 5 N–H and O–H groups in total. The zero-order chi connectivity index (χ0) is 12.7. The minimum atomic E-state index is 0.0589. The minimum Gasteiger partial charge on any atom is -0.399 e. The Hall–Kier alpha value is -1.30. The second-order valence-corrected chi connectivity index (χ2v) is 3.85. The van der Waals surface area contributed by atoms with Crippen LogP contribution in [0.25, 0.3) is 0 Å². The molecule has 0 unspecified atom stereocenters.